The smallest absolute Gasteiger partial charge is 0.119 e. The van der Waals surface area contributed by atoms with E-state index in [0.29, 0.717) is 0 Å². The second-order valence-electron chi connectivity index (χ2n) is 5.07. The Morgan fingerprint density at radius 1 is 1.00 bits per heavy atom. The molecule has 20 heavy (non-hydrogen) atoms. The summed E-state index contributed by atoms with van der Waals surface area (Å²) in [5.74, 6) is 0.902. The SMILES string of the molecule is COc1ccc(N2CCNCc3ccccc3C2)cc1. The van der Waals surface area contributed by atoms with Crippen LogP contribution < -0.4 is 15.0 Å². The number of benzene rings is 2. The highest BCUT2D eigenvalue weighted by molar-refractivity contribution is 5.50. The van der Waals surface area contributed by atoms with Gasteiger partial charge in [0, 0.05) is 31.9 Å². The second kappa shape index (κ2) is 5.97. The number of nitrogens with zero attached hydrogens (tertiary/aromatic N) is 1. The topological polar surface area (TPSA) is 24.5 Å². The third-order valence-corrected chi connectivity index (χ3v) is 3.79. The second-order valence-corrected chi connectivity index (χ2v) is 5.07. The zero-order valence-electron chi connectivity index (χ0n) is 11.8. The normalized spacial score (nSPS) is 15.2. The van der Waals surface area contributed by atoms with Gasteiger partial charge in [0.1, 0.15) is 5.75 Å². The van der Waals surface area contributed by atoms with E-state index in [-0.39, 0.29) is 0 Å². The molecule has 3 rings (SSSR count). The maximum atomic E-state index is 5.23. The molecule has 3 heteroatoms. The lowest BCUT2D eigenvalue weighted by atomic mass is 10.1. The van der Waals surface area contributed by atoms with Crippen molar-refractivity contribution in [1.82, 2.24) is 5.32 Å². The van der Waals surface area contributed by atoms with Crippen LogP contribution in [0.2, 0.25) is 0 Å². The number of ether oxygens (including phenoxy) is 1. The molecule has 1 N–H and O–H groups in total. The van der Waals surface area contributed by atoms with E-state index in [0.717, 1.165) is 31.9 Å². The standard InChI is InChI=1S/C17H20N2O/c1-20-17-8-6-16(7-9-17)19-11-10-18-12-14-4-2-3-5-15(14)13-19/h2-9,18H,10-13H2,1H3. The molecule has 1 heterocycles. The summed E-state index contributed by atoms with van der Waals surface area (Å²) in [6, 6.07) is 17.0. The van der Waals surface area contributed by atoms with E-state index in [9.17, 15) is 0 Å². The Morgan fingerprint density at radius 3 is 2.50 bits per heavy atom. The molecule has 0 unspecified atom stereocenters. The molecular weight excluding hydrogens is 248 g/mol. The van der Waals surface area contributed by atoms with E-state index in [1.165, 1.54) is 16.8 Å². The number of hydrogen-bond acceptors (Lipinski definition) is 3. The summed E-state index contributed by atoms with van der Waals surface area (Å²) in [6.45, 7) is 3.94. The number of fused-ring (bicyclic) bond motifs is 1. The Bertz CT molecular complexity index is 565. The lowest BCUT2D eigenvalue weighted by Crippen LogP contribution is -2.34. The molecule has 0 spiro atoms. The van der Waals surface area contributed by atoms with Crippen molar-refractivity contribution in [2.45, 2.75) is 13.1 Å². The predicted octanol–water partition coefficient (Wildman–Crippen LogP) is 2.81. The number of anilines is 1. The number of methoxy groups -OCH3 is 1. The van der Waals surface area contributed by atoms with Crippen LogP contribution in [0.5, 0.6) is 5.75 Å². The van der Waals surface area contributed by atoms with E-state index in [1.54, 1.807) is 7.11 Å². The maximum Gasteiger partial charge on any atom is 0.119 e. The van der Waals surface area contributed by atoms with Crippen molar-refractivity contribution in [3.63, 3.8) is 0 Å². The summed E-state index contributed by atoms with van der Waals surface area (Å²) in [5, 5.41) is 3.50. The van der Waals surface area contributed by atoms with Crippen LogP contribution in [0.1, 0.15) is 11.1 Å². The van der Waals surface area contributed by atoms with Gasteiger partial charge in [-0.25, -0.2) is 0 Å². The molecule has 104 valence electrons. The van der Waals surface area contributed by atoms with Crippen molar-refractivity contribution >= 4 is 5.69 Å². The molecule has 3 nitrogen and oxygen atoms in total. The first-order chi connectivity index (χ1) is 9.86. The van der Waals surface area contributed by atoms with Gasteiger partial charge < -0.3 is 15.0 Å². The average Bonchev–Trinajstić information content (AvgIpc) is 2.48. The van der Waals surface area contributed by atoms with E-state index in [2.05, 4.69) is 46.6 Å². The summed E-state index contributed by atoms with van der Waals surface area (Å²) < 4.78 is 5.23. The fourth-order valence-corrected chi connectivity index (χ4v) is 2.62. The number of hydrogen-bond donors (Lipinski definition) is 1. The average molecular weight is 268 g/mol. The van der Waals surface area contributed by atoms with Crippen molar-refractivity contribution < 1.29 is 4.74 Å². The van der Waals surface area contributed by atoms with Gasteiger partial charge in [0.2, 0.25) is 0 Å². The fourth-order valence-electron chi connectivity index (χ4n) is 2.62. The van der Waals surface area contributed by atoms with Crippen molar-refractivity contribution in [1.29, 1.82) is 0 Å². The van der Waals surface area contributed by atoms with Crippen molar-refractivity contribution in [3.8, 4) is 5.75 Å². The Labute approximate surface area is 120 Å². The first-order valence-electron chi connectivity index (χ1n) is 7.03. The minimum Gasteiger partial charge on any atom is -0.497 e. The lowest BCUT2D eigenvalue weighted by molar-refractivity contribution is 0.415. The van der Waals surface area contributed by atoms with Crippen LogP contribution >= 0.6 is 0 Å². The first-order valence-corrected chi connectivity index (χ1v) is 7.03. The van der Waals surface area contributed by atoms with E-state index in [1.807, 2.05) is 12.1 Å². The van der Waals surface area contributed by atoms with Crippen LogP contribution in [0.15, 0.2) is 48.5 Å². The molecule has 0 aliphatic carbocycles. The summed E-state index contributed by atoms with van der Waals surface area (Å²) in [7, 11) is 1.70. The molecule has 1 aliphatic heterocycles. The van der Waals surface area contributed by atoms with Gasteiger partial charge in [-0.2, -0.15) is 0 Å². The fraction of sp³-hybridized carbons (Fsp3) is 0.294. The molecular formula is C17H20N2O. The van der Waals surface area contributed by atoms with Gasteiger partial charge in [0.25, 0.3) is 0 Å². The Hall–Kier alpha value is -2.00. The van der Waals surface area contributed by atoms with E-state index < -0.39 is 0 Å². The number of rotatable bonds is 2. The molecule has 2 aromatic carbocycles. The Kier molecular flexibility index (Phi) is 3.88. The Balaban J connectivity index is 1.86. The van der Waals surface area contributed by atoms with Crippen LogP contribution in [0, 0.1) is 0 Å². The van der Waals surface area contributed by atoms with Gasteiger partial charge in [0.15, 0.2) is 0 Å². The summed E-state index contributed by atoms with van der Waals surface area (Å²) in [6.07, 6.45) is 0. The van der Waals surface area contributed by atoms with Crippen LogP contribution in [0.3, 0.4) is 0 Å². The van der Waals surface area contributed by atoms with Gasteiger partial charge in [-0.3, -0.25) is 0 Å². The monoisotopic (exact) mass is 268 g/mol. The minimum absolute atomic E-state index is 0.902. The van der Waals surface area contributed by atoms with Crippen molar-refractivity contribution in [2.75, 3.05) is 25.1 Å². The molecule has 2 aromatic rings. The third-order valence-electron chi connectivity index (χ3n) is 3.79. The summed E-state index contributed by atoms with van der Waals surface area (Å²) >= 11 is 0. The van der Waals surface area contributed by atoms with Crippen LogP contribution in [-0.2, 0) is 13.1 Å². The van der Waals surface area contributed by atoms with Gasteiger partial charge in [-0.05, 0) is 35.4 Å². The molecule has 0 saturated heterocycles. The zero-order chi connectivity index (χ0) is 13.8. The largest absolute Gasteiger partial charge is 0.497 e. The predicted molar refractivity (Wildman–Crippen MR) is 82.2 cm³/mol. The van der Waals surface area contributed by atoms with Crippen molar-refractivity contribution in [2.24, 2.45) is 0 Å². The number of nitrogens with one attached hydrogen (secondary N) is 1. The maximum absolute atomic E-state index is 5.23. The molecule has 0 radical (unpaired) electrons. The highest BCUT2D eigenvalue weighted by Crippen LogP contribution is 2.22. The molecule has 0 fully saturated rings. The van der Waals surface area contributed by atoms with E-state index in [4.69, 9.17) is 4.74 Å². The van der Waals surface area contributed by atoms with Crippen molar-refractivity contribution in [3.05, 3.63) is 59.7 Å². The lowest BCUT2D eigenvalue weighted by Gasteiger charge is -2.28. The van der Waals surface area contributed by atoms with Gasteiger partial charge in [-0.1, -0.05) is 24.3 Å². The first kappa shape index (κ1) is 13.0. The van der Waals surface area contributed by atoms with Crippen LogP contribution in [-0.4, -0.2) is 20.2 Å². The Morgan fingerprint density at radius 2 is 1.75 bits per heavy atom. The summed E-state index contributed by atoms with van der Waals surface area (Å²) in [4.78, 5) is 2.41. The van der Waals surface area contributed by atoms with Crippen LogP contribution in [0.4, 0.5) is 5.69 Å². The zero-order valence-corrected chi connectivity index (χ0v) is 11.8. The van der Waals surface area contributed by atoms with Gasteiger partial charge >= 0.3 is 0 Å². The highest BCUT2D eigenvalue weighted by atomic mass is 16.5. The van der Waals surface area contributed by atoms with Gasteiger partial charge in [0.05, 0.1) is 7.11 Å². The van der Waals surface area contributed by atoms with E-state index >= 15 is 0 Å². The molecule has 1 aliphatic rings. The quantitative estimate of drug-likeness (QED) is 0.906. The third kappa shape index (κ3) is 2.78. The molecule has 0 saturated carbocycles. The molecule has 0 atom stereocenters. The van der Waals surface area contributed by atoms with Crippen LogP contribution in [0.25, 0.3) is 0 Å². The molecule has 0 bridgehead atoms. The minimum atomic E-state index is 0.902. The summed E-state index contributed by atoms with van der Waals surface area (Å²) in [5.41, 5.74) is 4.03. The molecule has 0 amide bonds. The highest BCUT2D eigenvalue weighted by Gasteiger charge is 2.12. The van der Waals surface area contributed by atoms with Gasteiger partial charge in [-0.15, -0.1) is 0 Å². The molecule has 0 aromatic heterocycles.